The maximum absolute atomic E-state index is 5.73. The molecule has 0 bridgehead atoms. The van der Waals surface area contributed by atoms with Crippen molar-refractivity contribution < 1.29 is 9.47 Å². The monoisotopic (exact) mass is 333 g/mol. The topological polar surface area (TPSA) is 46.1 Å². The Morgan fingerprint density at radius 3 is 2.79 bits per heavy atom. The molecule has 1 aliphatic carbocycles. The molecule has 5 nitrogen and oxygen atoms in total. The number of para-hydroxylation sites is 1. The largest absolute Gasteiger partial charge is 0.494 e. The molecule has 0 aliphatic heterocycles. The summed E-state index contributed by atoms with van der Waals surface area (Å²) in [5.41, 5.74) is 1.10. The van der Waals surface area contributed by atoms with Crippen LogP contribution in [0.2, 0.25) is 0 Å². The van der Waals surface area contributed by atoms with Crippen molar-refractivity contribution in [1.29, 1.82) is 0 Å². The van der Waals surface area contributed by atoms with Crippen LogP contribution in [0.1, 0.15) is 32.3 Å². The SMILES string of the molecule is CCNC(=NCc1ccccc1OCC)N(C)CCOCC1CC1. The lowest BCUT2D eigenvalue weighted by Gasteiger charge is -2.22. The summed E-state index contributed by atoms with van der Waals surface area (Å²) in [6.07, 6.45) is 2.67. The minimum absolute atomic E-state index is 0.603. The van der Waals surface area contributed by atoms with E-state index < -0.39 is 0 Å². The molecule has 0 aromatic heterocycles. The maximum atomic E-state index is 5.73. The fourth-order valence-electron chi connectivity index (χ4n) is 2.40. The molecule has 0 spiro atoms. The molecule has 1 aliphatic rings. The van der Waals surface area contributed by atoms with Gasteiger partial charge in [-0.3, -0.25) is 0 Å². The zero-order valence-electron chi connectivity index (χ0n) is 15.3. The summed E-state index contributed by atoms with van der Waals surface area (Å²) in [7, 11) is 2.05. The highest BCUT2D eigenvalue weighted by atomic mass is 16.5. The van der Waals surface area contributed by atoms with Gasteiger partial charge in [-0.2, -0.15) is 0 Å². The van der Waals surface area contributed by atoms with Crippen molar-refractivity contribution in [2.24, 2.45) is 10.9 Å². The van der Waals surface area contributed by atoms with Crippen molar-refractivity contribution in [3.05, 3.63) is 29.8 Å². The zero-order valence-corrected chi connectivity index (χ0v) is 15.3. The third-order valence-corrected chi connectivity index (χ3v) is 3.99. The quantitative estimate of drug-likeness (QED) is 0.406. The van der Waals surface area contributed by atoms with Crippen molar-refractivity contribution in [2.75, 3.05) is 40.0 Å². The number of likely N-dealkylation sites (N-methyl/N-ethyl adjacent to an activating group) is 1. The third-order valence-electron chi connectivity index (χ3n) is 3.99. The summed E-state index contributed by atoms with van der Waals surface area (Å²) in [6.45, 7) is 8.69. The van der Waals surface area contributed by atoms with E-state index in [-0.39, 0.29) is 0 Å². The van der Waals surface area contributed by atoms with Crippen LogP contribution in [0, 0.1) is 5.92 Å². The summed E-state index contributed by atoms with van der Waals surface area (Å²) >= 11 is 0. The van der Waals surface area contributed by atoms with Crippen molar-refractivity contribution in [1.82, 2.24) is 10.2 Å². The standard InChI is InChI=1S/C19H31N3O2/c1-4-20-19(22(3)12-13-23-15-16-10-11-16)21-14-17-8-6-7-9-18(17)24-5-2/h6-9,16H,4-5,10-15H2,1-3H3,(H,20,21). The minimum atomic E-state index is 0.603. The van der Waals surface area contributed by atoms with Crippen molar-refractivity contribution in [3.63, 3.8) is 0 Å². The second-order valence-corrected chi connectivity index (χ2v) is 6.15. The first-order valence-corrected chi connectivity index (χ1v) is 9.02. The number of nitrogens with zero attached hydrogens (tertiary/aromatic N) is 2. The van der Waals surface area contributed by atoms with E-state index in [2.05, 4.69) is 30.3 Å². The summed E-state index contributed by atoms with van der Waals surface area (Å²) < 4.78 is 11.4. The molecule has 1 fully saturated rings. The molecule has 1 aromatic rings. The van der Waals surface area contributed by atoms with Gasteiger partial charge in [0, 0.05) is 32.3 Å². The number of rotatable bonds is 10. The van der Waals surface area contributed by atoms with E-state index >= 15 is 0 Å². The van der Waals surface area contributed by atoms with E-state index in [0.29, 0.717) is 13.2 Å². The molecular weight excluding hydrogens is 302 g/mol. The molecule has 0 heterocycles. The predicted octanol–water partition coefficient (Wildman–Crippen LogP) is 2.91. The van der Waals surface area contributed by atoms with E-state index in [1.54, 1.807) is 0 Å². The highest BCUT2D eigenvalue weighted by Gasteiger charge is 2.21. The summed E-state index contributed by atoms with van der Waals surface area (Å²) in [5, 5.41) is 3.35. The lowest BCUT2D eigenvalue weighted by molar-refractivity contribution is 0.115. The van der Waals surface area contributed by atoms with E-state index in [9.17, 15) is 0 Å². The van der Waals surface area contributed by atoms with E-state index in [4.69, 9.17) is 14.5 Å². The molecule has 134 valence electrons. The van der Waals surface area contributed by atoms with Gasteiger partial charge >= 0.3 is 0 Å². The lowest BCUT2D eigenvalue weighted by Crippen LogP contribution is -2.40. The molecule has 1 aromatic carbocycles. The summed E-state index contributed by atoms with van der Waals surface area (Å²) in [5.74, 6) is 2.63. The second kappa shape index (κ2) is 10.2. The maximum Gasteiger partial charge on any atom is 0.194 e. The Morgan fingerprint density at radius 1 is 1.29 bits per heavy atom. The first-order chi connectivity index (χ1) is 11.7. The van der Waals surface area contributed by atoms with Crippen LogP contribution in [-0.2, 0) is 11.3 Å². The fraction of sp³-hybridized carbons (Fsp3) is 0.632. The molecule has 0 amide bonds. The van der Waals surface area contributed by atoms with Crippen LogP contribution >= 0.6 is 0 Å². The smallest absolute Gasteiger partial charge is 0.194 e. The molecule has 5 heteroatoms. The molecule has 0 radical (unpaired) electrons. The zero-order chi connectivity index (χ0) is 17.2. The van der Waals surface area contributed by atoms with Crippen LogP contribution in [0.3, 0.4) is 0 Å². The Balaban J connectivity index is 1.88. The van der Waals surface area contributed by atoms with Crippen molar-refractivity contribution in [3.8, 4) is 5.75 Å². The van der Waals surface area contributed by atoms with Crippen LogP contribution in [0.5, 0.6) is 5.75 Å². The number of guanidine groups is 1. The number of nitrogens with one attached hydrogen (secondary N) is 1. The van der Waals surface area contributed by atoms with E-state index in [1.807, 2.05) is 25.1 Å². The number of hydrogen-bond acceptors (Lipinski definition) is 3. The minimum Gasteiger partial charge on any atom is -0.494 e. The molecular formula is C19H31N3O2. The third kappa shape index (κ3) is 6.40. The van der Waals surface area contributed by atoms with Gasteiger partial charge in [-0.1, -0.05) is 18.2 Å². The molecule has 1 N–H and O–H groups in total. The van der Waals surface area contributed by atoms with E-state index in [0.717, 1.165) is 49.5 Å². The fourth-order valence-corrected chi connectivity index (χ4v) is 2.40. The van der Waals surface area contributed by atoms with Gasteiger partial charge in [-0.15, -0.1) is 0 Å². The second-order valence-electron chi connectivity index (χ2n) is 6.15. The van der Waals surface area contributed by atoms with Gasteiger partial charge in [0.25, 0.3) is 0 Å². The average molecular weight is 333 g/mol. The normalized spacial score (nSPS) is 14.5. The van der Waals surface area contributed by atoms with Crippen LogP contribution in [0.15, 0.2) is 29.3 Å². The Bertz CT molecular complexity index is 515. The molecule has 24 heavy (non-hydrogen) atoms. The van der Waals surface area contributed by atoms with Gasteiger partial charge in [0.2, 0.25) is 0 Å². The molecule has 2 rings (SSSR count). The molecule has 0 saturated heterocycles. The Labute approximate surface area is 146 Å². The Morgan fingerprint density at radius 2 is 2.08 bits per heavy atom. The first kappa shape index (κ1) is 18.6. The van der Waals surface area contributed by atoms with Gasteiger partial charge in [0.1, 0.15) is 5.75 Å². The number of hydrogen-bond donors (Lipinski definition) is 1. The van der Waals surface area contributed by atoms with Crippen LogP contribution in [0.25, 0.3) is 0 Å². The predicted molar refractivity (Wildman–Crippen MR) is 98.6 cm³/mol. The van der Waals surface area contributed by atoms with Gasteiger partial charge in [-0.25, -0.2) is 4.99 Å². The number of benzene rings is 1. The number of ether oxygens (including phenoxy) is 2. The van der Waals surface area contributed by atoms with Gasteiger partial charge in [0.05, 0.1) is 19.8 Å². The number of aliphatic imine (C=N–C) groups is 1. The lowest BCUT2D eigenvalue weighted by atomic mass is 10.2. The van der Waals surface area contributed by atoms with E-state index in [1.165, 1.54) is 12.8 Å². The summed E-state index contributed by atoms with van der Waals surface area (Å²) in [4.78, 5) is 6.87. The Kier molecular flexibility index (Phi) is 7.89. The Hall–Kier alpha value is -1.75. The molecule has 0 unspecified atom stereocenters. The highest BCUT2D eigenvalue weighted by Crippen LogP contribution is 2.28. The molecule has 1 saturated carbocycles. The first-order valence-electron chi connectivity index (χ1n) is 9.02. The van der Waals surface area contributed by atoms with Gasteiger partial charge < -0.3 is 19.7 Å². The molecule has 0 atom stereocenters. The average Bonchev–Trinajstić information content (AvgIpc) is 3.41. The van der Waals surface area contributed by atoms with Crippen LogP contribution in [-0.4, -0.2) is 50.8 Å². The summed E-state index contributed by atoms with van der Waals surface area (Å²) in [6, 6.07) is 8.08. The van der Waals surface area contributed by atoms with Crippen LogP contribution in [0.4, 0.5) is 0 Å². The van der Waals surface area contributed by atoms with Gasteiger partial charge in [0.15, 0.2) is 5.96 Å². The van der Waals surface area contributed by atoms with Gasteiger partial charge in [-0.05, 0) is 38.7 Å². The van der Waals surface area contributed by atoms with Crippen LogP contribution < -0.4 is 10.1 Å². The highest BCUT2D eigenvalue weighted by molar-refractivity contribution is 5.79. The van der Waals surface area contributed by atoms with Crippen molar-refractivity contribution >= 4 is 5.96 Å². The van der Waals surface area contributed by atoms with Crippen molar-refractivity contribution in [2.45, 2.75) is 33.2 Å².